The number of likely N-dealkylation sites (tertiary alicyclic amines) is 1. The van der Waals surface area contributed by atoms with Gasteiger partial charge in [0.05, 0.1) is 19.8 Å². The molecule has 2 aromatic carbocycles. The van der Waals surface area contributed by atoms with E-state index in [2.05, 4.69) is 5.32 Å². The fraction of sp³-hybridized carbons (Fsp3) is 0.517. The van der Waals surface area contributed by atoms with Gasteiger partial charge in [-0.3, -0.25) is 0 Å². The molecule has 1 saturated heterocycles. The summed E-state index contributed by atoms with van der Waals surface area (Å²) in [5, 5.41) is 2.94. The molecule has 8 nitrogen and oxygen atoms in total. The van der Waals surface area contributed by atoms with Crippen molar-refractivity contribution in [2.75, 3.05) is 20.2 Å². The number of nitrogens with one attached hydrogen (secondary N) is 1. The van der Waals surface area contributed by atoms with Crippen LogP contribution in [0.1, 0.15) is 58.6 Å². The Morgan fingerprint density at radius 1 is 1.08 bits per heavy atom. The molecular formula is C29H39F2N3O5. The van der Waals surface area contributed by atoms with Crippen LogP contribution in [0, 0.1) is 11.6 Å². The first kappa shape index (κ1) is 30.0. The van der Waals surface area contributed by atoms with E-state index in [9.17, 15) is 18.4 Å². The Hall–Kier alpha value is -3.56. The van der Waals surface area contributed by atoms with Crippen molar-refractivity contribution in [3.8, 4) is 11.5 Å². The number of nitrogens with zero attached hydrogens (tertiary/aromatic N) is 2. The molecule has 1 fully saturated rings. The summed E-state index contributed by atoms with van der Waals surface area (Å²) in [5.74, 6) is -1.15. The number of rotatable bonds is 8. The first-order valence-electron chi connectivity index (χ1n) is 13.2. The molecule has 3 amide bonds. The fourth-order valence-corrected chi connectivity index (χ4v) is 4.36. The van der Waals surface area contributed by atoms with Gasteiger partial charge in [0.15, 0.2) is 11.6 Å². The maximum absolute atomic E-state index is 14.1. The number of hydrogen-bond donors (Lipinski definition) is 1. The fourth-order valence-electron chi connectivity index (χ4n) is 4.36. The smallest absolute Gasteiger partial charge is 0.410 e. The lowest BCUT2D eigenvalue weighted by Gasteiger charge is -2.39. The lowest BCUT2D eigenvalue weighted by Crippen LogP contribution is -2.51. The average molecular weight is 548 g/mol. The Labute approximate surface area is 229 Å². The third-order valence-corrected chi connectivity index (χ3v) is 6.22. The van der Waals surface area contributed by atoms with E-state index in [0.29, 0.717) is 31.5 Å². The van der Waals surface area contributed by atoms with Gasteiger partial charge in [-0.15, -0.1) is 0 Å². The van der Waals surface area contributed by atoms with Crippen molar-refractivity contribution in [1.82, 2.24) is 15.1 Å². The maximum atomic E-state index is 14.1. The third-order valence-electron chi connectivity index (χ3n) is 6.22. The monoisotopic (exact) mass is 547 g/mol. The number of methoxy groups -OCH3 is 1. The summed E-state index contributed by atoms with van der Waals surface area (Å²) in [5.41, 5.74) is 0.614. The minimum absolute atomic E-state index is 0.00444. The Morgan fingerprint density at radius 2 is 1.69 bits per heavy atom. The van der Waals surface area contributed by atoms with Crippen LogP contribution >= 0.6 is 0 Å². The van der Waals surface area contributed by atoms with Gasteiger partial charge in [0.25, 0.3) is 0 Å². The molecule has 0 spiro atoms. The predicted molar refractivity (Wildman–Crippen MR) is 144 cm³/mol. The molecule has 1 aliphatic rings. The van der Waals surface area contributed by atoms with Gasteiger partial charge in [-0.05, 0) is 71.2 Å². The minimum atomic E-state index is -1.03. The van der Waals surface area contributed by atoms with E-state index in [1.807, 2.05) is 58.9 Å². The molecule has 1 N–H and O–H groups in total. The van der Waals surface area contributed by atoms with Crippen molar-refractivity contribution in [3.05, 3.63) is 59.2 Å². The van der Waals surface area contributed by atoms with Gasteiger partial charge in [-0.1, -0.05) is 12.1 Å². The molecular weight excluding hydrogens is 508 g/mol. The standard InChI is InChI=1S/C29H39F2N3O5/c1-19(2)38-23-9-7-20(8-10-23)17-32-27(35)34(18-21-15-24(30)25(31)16-26(21)37-6)22-11-13-33(14-12-22)28(36)39-29(3,4)5/h7-10,15-16,19,22H,11-14,17-18H2,1-6H3,(H,32,35). The molecule has 0 unspecified atom stereocenters. The van der Waals surface area contributed by atoms with Crippen molar-refractivity contribution in [1.29, 1.82) is 0 Å². The van der Waals surface area contributed by atoms with Gasteiger partial charge in [0.1, 0.15) is 17.1 Å². The van der Waals surface area contributed by atoms with Crippen LogP contribution in [0.3, 0.4) is 0 Å². The summed E-state index contributed by atoms with van der Waals surface area (Å²) in [6, 6.07) is 8.86. The van der Waals surface area contributed by atoms with E-state index in [-0.39, 0.29) is 37.0 Å². The first-order valence-corrected chi connectivity index (χ1v) is 13.2. The van der Waals surface area contributed by atoms with E-state index in [1.165, 1.54) is 7.11 Å². The van der Waals surface area contributed by atoms with E-state index in [0.717, 1.165) is 23.4 Å². The van der Waals surface area contributed by atoms with Crippen molar-refractivity contribution < 1.29 is 32.6 Å². The second kappa shape index (κ2) is 13.0. The van der Waals surface area contributed by atoms with E-state index >= 15 is 0 Å². The van der Waals surface area contributed by atoms with Crippen LogP contribution in [0.5, 0.6) is 11.5 Å². The molecule has 1 heterocycles. The molecule has 0 atom stereocenters. The zero-order chi connectivity index (χ0) is 28.7. The number of amides is 3. The molecule has 10 heteroatoms. The number of hydrogen-bond acceptors (Lipinski definition) is 5. The molecule has 39 heavy (non-hydrogen) atoms. The summed E-state index contributed by atoms with van der Waals surface area (Å²) >= 11 is 0. The topological polar surface area (TPSA) is 80.3 Å². The van der Waals surface area contributed by atoms with Crippen LogP contribution in [0.25, 0.3) is 0 Å². The molecule has 3 rings (SSSR count). The zero-order valence-electron chi connectivity index (χ0n) is 23.6. The molecule has 1 aliphatic heterocycles. The molecule has 0 saturated carbocycles. The summed E-state index contributed by atoms with van der Waals surface area (Å²) in [4.78, 5) is 29.2. The van der Waals surface area contributed by atoms with Crippen LogP contribution in [0.4, 0.5) is 18.4 Å². The highest BCUT2D eigenvalue weighted by molar-refractivity contribution is 5.75. The Morgan fingerprint density at radius 3 is 2.26 bits per heavy atom. The second-order valence-corrected chi connectivity index (χ2v) is 10.9. The van der Waals surface area contributed by atoms with Gasteiger partial charge >= 0.3 is 12.1 Å². The Bertz CT molecular complexity index is 1130. The van der Waals surface area contributed by atoms with Crippen molar-refractivity contribution >= 4 is 12.1 Å². The normalized spacial score (nSPS) is 14.2. The molecule has 0 radical (unpaired) electrons. The number of ether oxygens (including phenoxy) is 3. The number of piperidine rings is 1. The van der Waals surface area contributed by atoms with Gasteiger partial charge in [0, 0.05) is 37.3 Å². The Balaban J connectivity index is 1.74. The summed E-state index contributed by atoms with van der Waals surface area (Å²) in [7, 11) is 1.37. The highest BCUT2D eigenvalue weighted by Crippen LogP contribution is 2.27. The van der Waals surface area contributed by atoms with Crippen molar-refractivity contribution in [2.24, 2.45) is 0 Å². The van der Waals surface area contributed by atoms with Crippen LogP contribution in [-0.4, -0.2) is 59.9 Å². The van der Waals surface area contributed by atoms with Crippen molar-refractivity contribution in [2.45, 2.75) is 78.3 Å². The quantitative estimate of drug-likeness (QED) is 0.447. The molecule has 214 valence electrons. The maximum Gasteiger partial charge on any atom is 0.410 e. The molecule has 0 aromatic heterocycles. The summed E-state index contributed by atoms with van der Waals surface area (Å²) in [6.45, 7) is 10.4. The highest BCUT2D eigenvalue weighted by atomic mass is 19.2. The zero-order valence-corrected chi connectivity index (χ0v) is 23.6. The van der Waals surface area contributed by atoms with E-state index in [4.69, 9.17) is 14.2 Å². The van der Waals surface area contributed by atoms with Gasteiger partial charge in [-0.25, -0.2) is 18.4 Å². The predicted octanol–water partition coefficient (Wildman–Crippen LogP) is 5.87. The van der Waals surface area contributed by atoms with E-state index in [1.54, 1.807) is 9.80 Å². The summed E-state index contributed by atoms with van der Waals surface area (Å²) < 4.78 is 44.4. The lowest BCUT2D eigenvalue weighted by atomic mass is 10.0. The van der Waals surface area contributed by atoms with Crippen LogP contribution < -0.4 is 14.8 Å². The second-order valence-electron chi connectivity index (χ2n) is 10.9. The molecule has 2 aromatic rings. The Kier molecular flexibility index (Phi) is 9.99. The molecule has 0 bridgehead atoms. The number of benzene rings is 2. The largest absolute Gasteiger partial charge is 0.496 e. The van der Waals surface area contributed by atoms with Gasteiger partial charge < -0.3 is 29.3 Å². The highest BCUT2D eigenvalue weighted by Gasteiger charge is 2.32. The third kappa shape index (κ3) is 8.73. The number of carbonyl (C=O) groups excluding carboxylic acids is 2. The van der Waals surface area contributed by atoms with Gasteiger partial charge in [-0.2, -0.15) is 0 Å². The summed E-state index contributed by atoms with van der Waals surface area (Å²) in [6.07, 6.45) is 0.656. The first-order chi connectivity index (χ1) is 18.4. The minimum Gasteiger partial charge on any atom is -0.496 e. The number of halogens is 2. The number of urea groups is 1. The average Bonchev–Trinajstić information content (AvgIpc) is 2.87. The van der Waals surface area contributed by atoms with Crippen LogP contribution in [0.15, 0.2) is 36.4 Å². The molecule has 0 aliphatic carbocycles. The van der Waals surface area contributed by atoms with E-state index < -0.39 is 23.3 Å². The lowest BCUT2D eigenvalue weighted by molar-refractivity contribution is 0.0160. The van der Waals surface area contributed by atoms with Gasteiger partial charge in [0.2, 0.25) is 0 Å². The van der Waals surface area contributed by atoms with Crippen LogP contribution in [0.2, 0.25) is 0 Å². The van der Waals surface area contributed by atoms with Crippen molar-refractivity contribution in [3.63, 3.8) is 0 Å². The van der Waals surface area contributed by atoms with Crippen LogP contribution in [-0.2, 0) is 17.8 Å². The SMILES string of the molecule is COc1cc(F)c(F)cc1CN(C(=O)NCc1ccc(OC(C)C)cc1)C1CCN(C(=O)OC(C)(C)C)CC1. The number of carbonyl (C=O) groups is 2.